The number of anilines is 2. The van der Waals surface area contributed by atoms with Crippen molar-refractivity contribution in [2.24, 2.45) is 0 Å². The maximum atomic E-state index is 6.00. The quantitative estimate of drug-likeness (QED) is 0.894. The lowest BCUT2D eigenvalue weighted by Gasteiger charge is -2.08. The largest absolute Gasteiger partial charge is 0.397 e. The molecule has 1 aromatic heterocycles. The van der Waals surface area contributed by atoms with Crippen LogP contribution in [0.1, 0.15) is 5.56 Å². The van der Waals surface area contributed by atoms with Crippen LogP contribution < -0.4 is 11.1 Å². The van der Waals surface area contributed by atoms with E-state index in [4.69, 9.17) is 28.9 Å². The zero-order valence-corrected chi connectivity index (χ0v) is 10.5. The second kappa shape index (κ2) is 5.25. The maximum absolute atomic E-state index is 6.00. The van der Waals surface area contributed by atoms with Gasteiger partial charge in [0.1, 0.15) is 5.82 Å². The third-order valence-corrected chi connectivity index (χ3v) is 2.73. The fraction of sp³-hybridized carbons (Fsp3) is 0.0833. The van der Waals surface area contributed by atoms with Crippen LogP contribution >= 0.6 is 23.2 Å². The molecular formula is C12H11Cl2N3. The normalized spacial score (nSPS) is 10.2. The molecule has 0 saturated heterocycles. The van der Waals surface area contributed by atoms with Gasteiger partial charge in [-0.25, -0.2) is 4.98 Å². The van der Waals surface area contributed by atoms with E-state index in [1.165, 1.54) is 0 Å². The van der Waals surface area contributed by atoms with Gasteiger partial charge in [0.2, 0.25) is 0 Å². The molecule has 3 nitrogen and oxygen atoms in total. The first kappa shape index (κ1) is 12.0. The van der Waals surface area contributed by atoms with Crippen molar-refractivity contribution in [3.05, 3.63) is 52.1 Å². The molecule has 17 heavy (non-hydrogen) atoms. The molecule has 0 bridgehead atoms. The Bertz CT molecular complexity index is 529. The van der Waals surface area contributed by atoms with Crippen LogP contribution in [-0.4, -0.2) is 4.98 Å². The van der Waals surface area contributed by atoms with Crippen LogP contribution in [0.15, 0.2) is 36.5 Å². The van der Waals surface area contributed by atoms with Crippen molar-refractivity contribution < 1.29 is 0 Å². The predicted octanol–water partition coefficient (Wildman–Crippen LogP) is 3.58. The van der Waals surface area contributed by atoms with Gasteiger partial charge in [0, 0.05) is 11.6 Å². The van der Waals surface area contributed by atoms with E-state index in [0.717, 1.165) is 5.56 Å². The summed E-state index contributed by atoms with van der Waals surface area (Å²) >= 11 is 11.9. The van der Waals surface area contributed by atoms with Gasteiger partial charge in [-0.05, 0) is 23.8 Å². The van der Waals surface area contributed by atoms with Gasteiger partial charge in [0.05, 0.1) is 16.9 Å². The first-order chi connectivity index (χ1) is 8.15. The average Bonchev–Trinajstić information content (AvgIpc) is 2.28. The minimum absolute atomic E-state index is 0.507. The summed E-state index contributed by atoms with van der Waals surface area (Å²) in [6, 6.07) is 9.26. The molecule has 0 unspecified atom stereocenters. The number of nitrogen functional groups attached to an aromatic ring is 1. The molecule has 3 N–H and O–H groups in total. The number of nitrogens with one attached hydrogen (secondary N) is 1. The fourth-order valence-electron chi connectivity index (χ4n) is 1.42. The minimum atomic E-state index is 0.507. The van der Waals surface area contributed by atoms with Crippen molar-refractivity contribution in [1.29, 1.82) is 0 Å². The summed E-state index contributed by atoms with van der Waals surface area (Å²) < 4.78 is 0. The summed E-state index contributed by atoms with van der Waals surface area (Å²) in [5, 5.41) is 4.34. The molecule has 0 saturated carbocycles. The van der Waals surface area contributed by atoms with Crippen LogP contribution in [-0.2, 0) is 6.54 Å². The maximum Gasteiger partial charge on any atom is 0.145 e. The molecule has 0 fully saturated rings. The first-order valence-corrected chi connectivity index (χ1v) is 5.80. The molecule has 0 aliphatic heterocycles. The van der Waals surface area contributed by atoms with E-state index >= 15 is 0 Å². The molecular weight excluding hydrogens is 257 g/mol. The van der Waals surface area contributed by atoms with E-state index in [1.54, 1.807) is 12.3 Å². The Balaban J connectivity index is 2.07. The Morgan fingerprint density at radius 2 is 2.06 bits per heavy atom. The Kier molecular flexibility index (Phi) is 3.71. The van der Waals surface area contributed by atoms with Crippen LogP contribution in [0.3, 0.4) is 0 Å². The van der Waals surface area contributed by atoms with Crippen molar-refractivity contribution in [3.8, 4) is 0 Å². The standard InChI is InChI=1S/C12H11Cl2N3/c13-9-3-1-2-8(4-9)6-16-12-11(14)5-10(15)7-17-12/h1-5,7H,6,15H2,(H,16,17). The zero-order chi connectivity index (χ0) is 12.3. The van der Waals surface area contributed by atoms with E-state index in [2.05, 4.69) is 10.3 Å². The summed E-state index contributed by atoms with van der Waals surface area (Å²) in [7, 11) is 0. The van der Waals surface area contributed by atoms with Gasteiger partial charge in [-0.15, -0.1) is 0 Å². The molecule has 1 aromatic carbocycles. The highest BCUT2D eigenvalue weighted by Crippen LogP contribution is 2.21. The highest BCUT2D eigenvalue weighted by atomic mass is 35.5. The van der Waals surface area contributed by atoms with Gasteiger partial charge < -0.3 is 11.1 Å². The number of hydrogen-bond acceptors (Lipinski definition) is 3. The molecule has 0 aliphatic carbocycles. The first-order valence-electron chi connectivity index (χ1n) is 5.04. The Hall–Kier alpha value is -1.45. The molecule has 0 amide bonds. The Morgan fingerprint density at radius 3 is 2.76 bits per heavy atom. The third kappa shape index (κ3) is 3.25. The summed E-state index contributed by atoms with van der Waals surface area (Å²) in [5.41, 5.74) is 7.17. The molecule has 2 aromatic rings. The van der Waals surface area contributed by atoms with Crippen molar-refractivity contribution >= 4 is 34.7 Å². The van der Waals surface area contributed by atoms with Gasteiger partial charge >= 0.3 is 0 Å². The van der Waals surface area contributed by atoms with Gasteiger partial charge in [0.25, 0.3) is 0 Å². The number of benzene rings is 1. The van der Waals surface area contributed by atoms with E-state index in [-0.39, 0.29) is 0 Å². The van der Waals surface area contributed by atoms with Crippen molar-refractivity contribution in [3.63, 3.8) is 0 Å². The lowest BCUT2D eigenvalue weighted by atomic mass is 10.2. The van der Waals surface area contributed by atoms with Crippen molar-refractivity contribution in [1.82, 2.24) is 4.98 Å². The number of pyridine rings is 1. The minimum Gasteiger partial charge on any atom is -0.397 e. The molecule has 88 valence electrons. The molecule has 0 atom stereocenters. The Labute approximate surface area is 110 Å². The molecule has 0 spiro atoms. The number of halogens is 2. The number of nitrogens with zero attached hydrogens (tertiary/aromatic N) is 1. The van der Waals surface area contributed by atoms with Gasteiger partial charge in [-0.3, -0.25) is 0 Å². The summed E-state index contributed by atoms with van der Waals surface area (Å²) in [6.07, 6.45) is 1.56. The topological polar surface area (TPSA) is 50.9 Å². The molecule has 0 radical (unpaired) electrons. The SMILES string of the molecule is Nc1cnc(NCc2cccc(Cl)c2)c(Cl)c1. The van der Waals surface area contributed by atoms with E-state index < -0.39 is 0 Å². The lowest BCUT2D eigenvalue weighted by molar-refractivity contribution is 1.11. The third-order valence-electron chi connectivity index (χ3n) is 2.21. The molecule has 2 rings (SSSR count). The summed E-state index contributed by atoms with van der Waals surface area (Å²) in [4.78, 5) is 4.11. The molecule has 0 aliphatic rings. The number of hydrogen-bond donors (Lipinski definition) is 2. The van der Waals surface area contributed by atoms with Gasteiger partial charge in [0.15, 0.2) is 0 Å². The van der Waals surface area contributed by atoms with Gasteiger partial charge in [-0.2, -0.15) is 0 Å². The smallest absolute Gasteiger partial charge is 0.145 e. The summed E-state index contributed by atoms with van der Waals surface area (Å²) in [5.74, 6) is 0.612. The van der Waals surface area contributed by atoms with Crippen molar-refractivity contribution in [2.75, 3.05) is 11.1 Å². The Morgan fingerprint density at radius 1 is 1.24 bits per heavy atom. The van der Waals surface area contributed by atoms with E-state index in [0.29, 0.717) is 28.1 Å². The van der Waals surface area contributed by atoms with Crippen LogP contribution in [0.5, 0.6) is 0 Å². The monoisotopic (exact) mass is 267 g/mol. The number of rotatable bonds is 3. The van der Waals surface area contributed by atoms with Crippen LogP contribution in [0.25, 0.3) is 0 Å². The van der Waals surface area contributed by atoms with E-state index in [9.17, 15) is 0 Å². The molecule has 5 heteroatoms. The van der Waals surface area contributed by atoms with Crippen molar-refractivity contribution in [2.45, 2.75) is 6.54 Å². The highest BCUT2D eigenvalue weighted by molar-refractivity contribution is 6.33. The number of nitrogens with two attached hydrogens (primary N) is 1. The number of aromatic nitrogens is 1. The van der Waals surface area contributed by atoms with Crippen LogP contribution in [0.2, 0.25) is 10.0 Å². The van der Waals surface area contributed by atoms with Crippen LogP contribution in [0.4, 0.5) is 11.5 Å². The van der Waals surface area contributed by atoms with Crippen LogP contribution in [0, 0.1) is 0 Å². The van der Waals surface area contributed by atoms with Gasteiger partial charge in [-0.1, -0.05) is 35.3 Å². The average molecular weight is 268 g/mol. The molecule has 1 heterocycles. The highest BCUT2D eigenvalue weighted by Gasteiger charge is 2.02. The second-order valence-electron chi connectivity index (χ2n) is 3.58. The lowest BCUT2D eigenvalue weighted by Crippen LogP contribution is -2.02. The fourth-order valence-corrected chi connectivity index (χ4v) is 1.87. The summed E-state index contributed by atoms with van der Waals surface area (Å²) in [6.45, 7) is 0.608. The second-order valence-corrected chi connectivity index (χ2v) is 4.43. The predicted molar refractivity (Wildman–Crippen MR) is 72.4 cm³/mol. The zero-order valence-electron chi connectivity index (χ0n) is 8.95. The van der Waals surface area contributed by atoms with E-state index in [1.807, 2.05) is 24.3 Å².